The summed E-state index contributed by atoms with van der Waals surface area (Å²) in [5.74, 6) is -1.96. The number of aromatic hydroxyl groups is 2. The molecular weight excluding hydrogens is 456 g/mol. The summed E-state index contributed by atoms with van der Waals surface area (Å²) in [6.45, 7) is 14.8. The summed E-state index contributed by atoms with van der Waals surface area (Å²) in [7, 11) is 0. The second kappa shape index (κ2) is 10.1. The summed E-state index contributed by atoms with van der Waals surface area (Å²) >= 11 is 6.32. The summed E-state index contributed by atoms with van der Waals surface area (Å²) in [5.41, 5.74) is -0.461. The number of allylic oxidation sites excluding steroid dienone is 1. The van der Waals surface area contributed by atoms with Gasteiger partial charge < -0.3 is 14.9 Å². The van der Waals surface area contributed by atoms with Gasteiger partial charge >= 0.3 is 5.97 Å². The van der Waals surface area contributed by atoms with Crippen LogP contribution in [0, 0.1) is 23.7 Å². The van der Waals surface area contributed by atoms with Crippen LogP contribution in [-0.2, 0) is 14.3 Å². The van der Waals surface area contributed by atoms with E-state index in [1.54, 1.807) is 13.8 Å². The van der Waals surface area contributed by atoms with Gasteiger partial charge in [-0.2, -0.15) is 0 Å². The fourth-order valence-corrected chi connectivity index (χ4v) is 5.90. The number of phenolic OH excluding ortho intramolecular Hbond substituents is 2. The molecule has 2 unspecified atom stereocenters. The Kier molecular flexibility index (Phi) is 8.29. The number of halogens is 1. The van der Waals surface area contributed by atoms with Crippen molar-refractivity contribution in [2.75, 3.05) is 0 Å². The fourth-order valence-electron chi connectivity index (χ4n) is 5.69. The van der Waals surface area contributed by atoms with Crippen LogP contribution in [0.5, 0.6) is 11.5 Å². The molecule has 1 aromatic rings. The number of hydrogen-bond acceptors (Lipinski definition) is 6. The average molecular weight is 493 g/mol. The molecule has 188 valence electrons. The maximum Gasteiger partial charge on any atom is 0.306 e. The molecule has 0 radical (unpaired) electrons. The van der Waals surface area contributed by atoms with Crippen LogP contribution >= 0.6 is 11.6 Å². The number of hydrogen-bond donors (Lipinski definition) is 2. The van der Waals surface area contributed by atoms with E-state index in [-0.39, 0.29) is 57.3 Å². The van der Waals surface area contributed by atoms with Crippen molar-refractivity contribution in [2.24, 2.45) is 16.7 Å². The van der Waals surface area contributed by atoms with E-state index in [2.05, 4.69) is 0 Å². The van der Waals surface area contributed by atoms with Crippen molar-refractivity contribution < 1.29 is 29.3 Å². The molecule has 1 aliphatic carbocycles. The van der Waals surface area contributed by atoms with Crippen LogP contribution in [0.2, 0.25) is 5.02 Å². The SMILES string of the molecule is C/C=C(/C(C)OC(=O)CCC)[C@]1(C)[C@H](C)C(c2c(O)c(Cl)c(C)c(C=O)c2O)CC(=O)C1(C)C. The van der Waals surface area contributed by atoms with Gasteiger partial charge in [0.1, 0.15) is 23.4 Å². The van der Waals surface area contributed by atoms with Crippen LogP contribution < -0.4 is 0 Å². The molecule has 0 aromatic heterocycles. The first-order valence-electron chi connectivity index (χ1n) is 11.8. The highest BCUT2D eigenvalue weighted by Gasteiger charge is 2.59. The third-order valence-corrected chi connectivity index (χ3v) is 8.68. The van der Waals surface area contributed by atoms with Crippen molar-refractivity contribution in [3.05, 3.63) is 33.4 Å². The van der Waals surface area contributed by atoms with Gasteiger partial charge in [-0.1, -0.05) is 52.3 Å². The molecule has 2 rings (SSSR count). The smallest absolute Gasteiger partial charge is 0.306 e. The van der Waals surface area contributed by atoms with Gasteiger partial charge in [0.2, 0.25) is 0 Å². The van der Waals surface area contributed by atoms with Gasteiger partial charge in [0.05, 0.1) is 10.6 Å². The van der Waals surface area contributed by atoms with Gasteiger partial charge in [0.25, 0.3) is 0 Å². The number of benzene rings is 1. The van der Waals surface area contributed by atoms with E-state index in [0.717, 1.165) is 5.57 Å². The van der Waals surface area contributed by atoms with Crippen molar-refractivity contribution in [3.8, 4) is 11.5 Å². The quantitative estimate of drug-likeness (QED) is 0.264. The van der Waals surface area contributed by atoms with E-state index in [1.807, 2.05) is 47.6 Å². The Balaban J connectivity index is 2.72. The van der Waals surface area contributed by atoms with E-state index in [1.165, 1.54) is 0 Å². The van der Waals surface area contributed by atoms with E-state index in [9.17, 15) is 24.6 Å². The van der Waals surface area contributed by atoms with Gasteiger partial charge in [-0.05, 0) is 44.2 Å². The molecule has 0 saturated heterocycles. The number of esters is 1. The van der Waals surface area contributed by atoms with Crippen LogP contribution in [0.3, 0.4) is 0 Å². The second-order valence-corrected chi connectivity index (χ2v) is 10.4. The minimum atomic E-state index is -0.830. The molecule has 2 N–H and O–H groups in total. The lowest BCUT2D eigenvalue weighted by Gasteiger charge is -2.56. The van der Waals surface area contributed by atoms with Crippen LogP contribution in [-0.4, -0.2) is 34.4 Å². The number of aldehydes is 1. The Labute approximate surface area is 207 Å². The van der Waals surface area contributed by atoms with E-state index in [4.69, 9.17) is 16.3 Å². The summed E-state index contributed by atoms with van der Waals surface area (Å²) in [6, 6.07) is 0. The number of phenols is 2. The molecule has 7 heteroatoms. The van der Waals surface area contributed by atoms with Crippen LogP contribution in [0.4, 0.5) is 0 Å². The van der Waals surface area contributed by atoms with Crippen molar-refractivity contribution >= 4 is 29.6 Å². The van der Waals surface area contributed by atoms with Crippen molar-refractivity contribution in [3.63, 3.8) is 0 Å². The summed E-state index contributed by atoms with van der Waals surface area (Å²) < 4.78 is 5.71. The lowest BCUT2D eigenvalue weighted by Crippen LogP contribution is -2.55. The number of rotatable bonds is 7. The predicted molar refractivity (Wildman–Crippen MR) is 133 cm³/mol. The molecule has 0 heterocycles. The molecule has 1 aromatic carbocycles. The zero-order valence-corrected chi connectivity index (χ0v) is 22.2. The Bertz CT molecular complexity index is 1020. The third-order valence-electron chi connectivity index (χ3n) is 8.22. The van der Waals surface area contributed by atoms with Gasteiger partial charge in [-0.25, -0.2) is 0 Å². The Morgan fingerprint density at radius 1 is 1.26 bits per heavy atom. The minimum Gasteiger partial charge on any atom is -0.507 e. The zero-order valence-electron chi connectivity index (χ0n) is 21.4. The molecule has 4 atom stereocenters. The second-order valence-electron chi connectivity index (χ2n) is 10.1. The standard InChI is InChI=1S/C27H37ClO6/c1-9-11-21(31)34-16(5)19(10-2)27(8)15(4)17(12-20(30)26(27,6)7)22-24(32)18(13-29)14(3)23(28)25(22)33/h10,13,15-17,32-33H,9,11-12H2,1-8H3/b19-10-/t15-,16?,17?,27+/m1/s1. The summed E-state index contributed by atoms with van der Waals surface area (Å²) in [4.78, 5) is 37.5. The van der Waals surface area contributed by atoms with Gasteiger partial charge in [-0.3, -0.25) is 14.4 Å². The first-order valence-corrected chi connectivity index (χ1v) is 12.2. The summed E-state index contributed by atoms with van der Waals surface area (Å²) in [5, 5.41) is 21.9. The van der Waals surface area contributed by atoms with Crippen LogP contribution in [0.25, 0.3) is 0 Å². The minimum absolute atomic E-state index is 0.00268. The van der Waals surface area contributed by atoms with E-state index < -0.39 is 22.9 Å². The highest BCUT2D eigenvalue weighted by molar-refractivity contribution is 6.33. The molecule has 0 bridgehead atoms. The van der Waals surface area contributed by atoms with Crippen molar-refractivity contribution in [1.82, 2.24) is 0 Å². The monoisotopic (exact) mass is 492 g/mol. The molecule has 34 heavy (non-hydrogen) atoms. The average Bonchev–Trinajstić information content (AvgIpc) is 2.76. The number of Topliss-reactive ketones (excluding diaryl/α,β-unsaturated/α-hetero) is 1. The topological polar surface area (TPSA) is 101 Å². The highest BCUT2D eigenvalue weighted by atomic mass is 35.5. The van der Waals surface area contributed by atoms with Crippen molar-refractivity contribution in [1.29, 1.82) is 0 Å². The first kappa shape index (κ1) is 27.9. The number of ketones is 1. The maximum absolute atomic E-state index is 13.6. The Morgan fingerprint density at radius 2 is 1.85 bits per heavy atom. The van der Waals surface area contributed by atoms with Gasteiger partial charge in [-0.15, -0.1) is 0 Å². The molecule has 6 nitrogen and oxygen atoms in total. The zero-order chi connectivity index (χ0) is 26.2. The normalized spacial score (nSPS) is 25.7. The Hall–Kier alpha value is -2.34. The lowest BCUT2D eigenvalue weighted by molar-refractivity contribution is -0.150. The number of carbonyl (C=O) groups is 3. The van der Waals surface area contributed by atoms with Crippen LogP contribution in [0.1, 0.15) is 95.1 Å². The van der Waals surface area contributed by atoms with Crippen molar-refractivity contribution in [2.45, 2.75) is 86.7 Å². The van der Waals surface area contributed by atoms with Crippen LogP contribution in [0.15, 0.2) is 11.6 Å². The molecule has 0 spiro atoms. The molecule has 0 amide bonds. The predicted octanol–water partition coefficient (Wildman–Crippen LogP) is 6.28. The lowest BCUT2D eigenvalue weighted by atomic mass is 9.47. The molecule has 1 fully saturated rings. The molecule has 1 saturated carbocycles. The molecule has 1 aliphatic rings. The van der Waals surface area contributed by atoms with Gasteiger partial charge in [0, 0.05) is 35.2 Å². The number of carbonyl (C=O) groups excluding carboxylic acids is 3. The van der Waals surface area contributed by atoms with E-state index >= 15 is 0 Å². The van der Waals surface area contributed by atoms with Gasteiger partial charge in [0.15, 0.2) is 6.29 Å². The third kappa shape index (κ3) is 4.26. The molecular formula is C27H37ClO6. The first-order chi connectivity index (χ1) is 15.7. The summed E-state index contributed by atoms with van der Waals surface area (Å²) in [6.07, 6.45) is 2.85. The maximum atomic E-state index is 13.6. The molecule has 0 aliphatic heterocycles. The fraction of sp³-hybridized carbons (Fsp3) is 0.593. The van der Waals surface area contributed by atoms with E-state index in [0.29, 0.717) is 19.1 Å². The number of ether oxygens (including phenoxy) is 1. The Morgan fingerprint density at radius 3 is 2.35 bits per heavy atom. The largest absolute Gasteiger partial charge is 0.507 e. The highest BCUT2D eigenvalue weighted by Crippen LogP contribution is 2.62.